The van der Waals surface area contributed by atoms with Crippen molar-refractivity contribution >= 4 is 21.9 Å². The SMILES string of the molecule is CC(C)(C)OC(=O)[C@@H]1CCCc2nn(Cc3cc(Br)ccn3)c(=O)n21. The van der Waals surface area contributed by atoms with Crippen LogP contribution in [0.2, 0.25) is 0 Å². The molecule has 0 spiro atoms. The molecule has 1 aliphatic rings. The standard InChI is InChI=1S/C17H21BrN4O3/c1-17(2,3)25-15(23)13-5-4-6-14-20-21(16(24)22(13)14)10-12-9-11(18)7-8-19-12/h7-9,13H,4-6,10H2,1-3H3/t13-/m0/s1. The highest BCUT2D eigenvalue weighted by Gasteiger charge is 2.33. The molecule has 0 aromatic carbocycles. The summed E-state index contributed by atoms with van der Waals surface area (Å²) < 4.78 is 9.22. The lowest BCUT2D eigenvalue weighted by molar-refractivity contribution is -0.159. The number of ether oxygens (including phenoxy) is 1. The summed E-state index contributed by atoms with van der Waals surface area (Å²) in [4.78, 5) is 29.6. The van der Waals surface area contributed by atoms with Crippen molar-refractivity contribution in [2.24, 2.45) is 0 Å². The molecule has 0 fully saturated rings. The molecule has 0 unspecified atom stereocenters. The van der Waals surface area contributed by atoms with Crippen LogP contribution >= 0.6 is 15.9 Å². The van der Waals surface area contributed by atoms with Gasteiger partial charge in [0.05, 0.1) is 12.2 Å². The molecule has 25 heavy (non-hydrogen) atoms. The maximum absolute atomic E-state index is 12.8. The monoisotopic (exact) mass is 408 g/mol. The lowest BCUT2D eigenvalue weighted by atomic mass is 10.0. The highest BCUT2D eigenvalue weighted by molar-refractivity contribution is 9.10. The van der Waals surface area contributed by atoms with Crippen molar-refractivity contribution < 1.29 is 9.53 Å². The quantitative estimate of drug-likeness (QED) is 0.728. The minimum atomic E-state index is -0.611. The number of halogens is 1. The van der Waals surface area contributed by atoms with Crippen LogP contribution in [0.1, 0.15) is 51.2 Å². The smallest absolute Gasteiger partial charge is 0.347 e. The van der Waals surface area contributed by atoms with Gasteiger partial charge in [-0.1, -0.05) is 15.9 Å². The van der Waals surface area contributed by atoms with Crippen molar-refractivity contribution in [3.8, 4) is 0 Å². The van der Waals surface area contributed by atoms with E-state index >= 15 is 0 Å². The van der Waals surface area contributed by atoms with Gasteiger partial charge in [0.2, 0.25) is 0 Å². The Bertz CT molecular complexity index is 850. The first-order valence-corrected chi connectivity index (χ1v) is 9.05. The summed E-state index contributed by atoms with van der Waals surface area (Å²) in [5, 5.41) is 4.41. The molecule has 0 saturated heterocycles. The van der Waals surface area contributed by atoms with E-state index in [0.717, 1.165) is 16.6 Å². The number of hydrogen-bond donors (Lipinski definition) is 0. The van der Waals surface area contributed by atoms with E-state index in [1.807, 2.05) is 32.9 Å². The first-order valence-electron chi connectivity index (χ1n) is 8.26. The Morgan fingerprint density at radius 1 is 1.44 bits per heavy atom. The van der Waals surface area contributed by atoms with Crippen LogP contribution in [0.5, 0.6) is 0 Å². The fraction of sp³-hybridized carbons (Fsp3) is 0.529. The Morgan fingerprint density at radius 3 is 2.88 bits per heavy atom. The molecule has 0 amide bonds. The Balaban J connectivity index is 1.91. The molecule has 0 N–H and O–H groups in total. The van der Waals surface area contributed by atoms with Crippen LogP contribution in [-0.2, 0) is 22.5 Å². The number of esters is 1. The van der Waals surface area contributed by atoms with Crippen molar-refractivity contribution in [3.05, 3.63) is 44.8 Å². The molecule has 0 saturated carbocycles. The van der Waals surface area contributed by atoms with Crippen molar-refractivity contribution in [2.75, 3.05) is 0 Å². The summed E-state index contributed by atoms with van der Waals surface area (Å²) in [5.74, 6) is 0.248. The molecule has 8 heteroatoms. The van der Waals surface area contributed by atoms with Crippen LogP contribution in [0.3, 0.4) is 0 Å². The molecule has 7 nitrogen and oxygen atoms in total. The fourth-order valence-corrected chi connectivity index (χ4v) is 3.30. The van der Waals surface area contributed by atoms with Gasteiger partial charge in [-0.3, -0.25) is 9.55 Å². The fourth-order valence-electron chi connectivity index (χ4n) is 2.92. The third kappa shape index (κ3) is 4.00. The van der Waals surface area contributed by atoms with Crippen LogP contribution in [-0.4, -0.2) is 30.9 Å². The van der Waals surface area contributed by atoms with Gasteiger partial charge in [0.25, 0.3) is 0 Å². The third-order valence-electron chi connectivity index (χ3n) is 3.90. The molecule has 3 rings (SSSR count). The van der Waals surface area contributed by atoms with E-state index in [9.17, 15) is 9.59 Å². The van der Waals surface area contributed by atoms with Gasteiger partial charge in [-0.2, -0.15) is 5.10 Å². The van der Waals surface area contributed by atoms with E-state index in [0.29, 0.717) is 18.7 Å². The van der Waals surface area contributed by atoms with Crippen LogP contribution < -0.4 is 5.69 Å². The van der Waals surface area contributed by atoms with Crippen LogP contribution in [0.4, 0.5) is 0 Å². The number of aromatic nitrogens is 4. The number of rotatable bonds is 3. The maximum Gasteiger partial charge on any atom is 0.347 e. The molecule has 2 aromatic rings. The summed E-state index contributed by atoms with van der Waals surface area (Å²) in [6, 6.07) is 3.05. The molecule has 0 bridgehead atoms. The molecule has 0 radical (unpaired) electrons. The number of pyridine rings is 1. The van der Waals surface area contributed by atoms with E-state index in [4.69, 9.17) is 4.74 Å². The zero-order valence-corrected chi connectivity index (χ0v) is 16.1. The van der Waals surface area contributed by atoms with Gasteiger partial charge in [-0.25, -0.2) is 14.3 Å². The van der Waals surface area contributed by atoms with Crippen molar-refractivity contribution in [3.63, 3.8) is 0 Å². The molecule has 1 aliphatic heterocycles. The van der Waals surface area contributed by atoms with Crippen molar-refractivity contribution in [2.45, 2.75) is 58.2 Å². The minimum Gasteiger partial charge on any atom is -0.458 e. The van der Waals surface area contributed by atoms with Crippen molar-refractivity contribution in [1.29, 1.82) is 0 Å². The molecule has 3 heterocycles. The first-order chi connectivity index (χ1) is 11.7. The van der Waals surface area contributed by atoms with Crippen LogP contribution in [0.15, 0.2) is 27.6 Å². The van der Waals surface area contributed by atoms with Gasteiger partial charge in [-0.05, 0) is 45.7 Å². The van der Waals surface area contributed by atoms with Crippen LogP contribution in [0.25, 0.3) is 0 Å². The molecule has 1 atom stereocenters. The normalized spacial score (nSPS) is 17.2. The summed E-state index contributed by atoms with van der Waals surface area (Å²) in [5.41, 5.74) is -0.165. The van der Waals surface area contributed by atoms with Crippen LogP contribution in [0, 0.1) is 0 Å². The molecular formula is C17H21BrN4O3. The van der Waals surface area contributed by atoms with E-state index in [2.05, 4.69) is 26.0 Å². The molecular weight excluding hydrogens is 388 g/mol. The Morgan fingerprint density at radius 2 is 2.20 bits per heavy atom. The largest absolute Gasteiger partial charge is 0.458 e. The highest BCUT2D eigenvalue weighted by Crippen LogP contribution is 2.25. The van der Waals surface area contributed by atoms with Gasteiger partial charge in [0.1, 0.15) is 17.5 Å². The predicted molar refractivity (Wildman–Crippen MR) is 95.3 cm³/mol. The average Bonchev–Trinajstić information content (AvgIpc) is 2.82. The zero-order valence-electron chi connectivity index (χ0n) is 14.5. The number of carbonyl (C=O) groups is 1. The number of aryl methyl sites for hydroxylation is 1. The van der Waals surface area contributed by atoms with Gasteiger partial charge in [-0.15, -0.1) is 0 Å². The van der Waals surface area contributed by atoms with E-state index < -0.39 is 11.6 Å². The second-order valence-corrected chi connectivity index (χ2v) is 8.05. The summed E-state index contributed by atoms with van der Waals surface area (Å²) in [7, 11) is 0. The van der Waals surface area contributed by atoms with E-state index in [1.54, 1.807) is 6.20 Å². The van der Waals surface area contributed by atoms with Gasteiger partial charge < -0.3 is 4.74 Å². The molecule has 2 aromatic heterocycles. The highest BCUT2D eigenvalue weighted by atomic mass is 79.9. The average molecular weight is 409 g/mol. The summed E-state index contributed by atoms with van der Waals surface area (Å²) >= 11 is 3.39. The first kappa shape index (κ1) is 17.8. The Labute approximate surface area is 154 Å². The number of fused-ring (bicyclic) bond motifs is 1. The number of carbonyl (C=O) groups excluding carboxylic acids is 1. The lowest BCUT2D eigenvalue weighted by Gasteiger charge is -2.26. The van der Waals surface area contributed by atoms with Gasteiger partial charge in [0.15, 0.2) is 0 Å². The molecule has 0 aliphatic carbocycles. The van der Waals surface area contributed by atoms with Crippen molar-refractivity contribution in [1.82, 2.24) is 19.3 Å². The maximum atomic E-state index is 12.8. The second-order valence-electron chi connectivity index (χ2n) is 7.13. The Kier molecular flexibility index (Phi) is 4.81. The van der Waals surface area contributed by atoms with Gasteiger partial charge in [0, 0.05) is 17.1 Å². The third-order valence-corrected chi connectivity index (χ3v) is 4.39. The summed E-state index contributed by atoms with van der Waals surface area (Å²) in [6.45, 7) is 5.72. The van der Waals surface area contributed by atoms with E-state index in [-0.39, 0.29) is 18.2 Å². The molecule has 134 valence electrons. The second kappa shape index (κ2) is 6.74. The predicted octanol–water partition coefficient (Wildman–Crippen LogP) is 2.47. The van der Waals surface area contributed by atoms with Gasteiger partial charge >= 0.3 is 11.7 Å². The number of nitrogens with zero attached hydrogens (tertiary/aromatic N) is 4. The summed E-state index contributed by atoms with van der Waals surface area (Å²) in [6.07, 6.45) is 3.73. The Hall–Kier alpha value is -1.96. The topological polar surface area (TPSA) is 79.0 Å². The zero-order chi connectivity index (χ0) is 18.2. The minimum absolute atomic E-state index is 0.263. The number of hydrogen-bond acceptors (Lipinski definition) is 5. The van der Waals surface area contributed by atoms with E-state index in [1.165, 1.54) is 9.25 Å². The lowest BCUT2D eigenvalue weighted by Crippen LogP contribution is -2.38.